The lowest BCUT2D eigenvalue weighted by atomic mass is 10.1. The number of nitriles is 1. The van der Waals surface area contributed by atoms with Crippen molar-refractivity contribution in [3.05, 3.63) is 35.4 Å². The van der Waals surface area contributed by atoms with Gasteiger partial charge >= 0.3 is 0 Å². The summed E-state index contributed by atoms with van der Waals surface area (Å²) in [6.07, 6.45) is 0.855. The fourth-order valence-electron chi connectivity index (χ4n) is 1.55. The van der Waals surface area contributed by atoms with Crippen molar-refractivity contribution in [2.45, 2.75) is 13.3 Å². The third kappa shape index (κ3) is 4.43. The van der Waals surface area contributed by atoms with E-state index < -0.39 is 0 Å². The molecule has 0 spiro atoms. The van der Waals surface area contributed by atoms with Gasteiger partial charge < -0.3 is 10.2 Å². The monoisotopic (exact) mass is 259 g/mol. The normalized spacial score (nSPS) is 9.53. The summed E-state index contributed by atoms with van der Waals surface area (Å²) in [6.45, 7) is 2.57. The van der Waals surface area contributed by atoms with Gasteiger partial charge in [0.1, 0.15) is 0 Å². The molecular formula is C14H17N3O2. The highest BCUT2D eigenvalue weighted by atomic mass is 16.2. The van der Waals surface area contributed by atoms with E-state index >= 15 is 0 Å². The summed E-state index contributed by atoms with van der Waals surface area (Å²) in [7, 11) is 1.56. The van der Waals surface area contributed by atoms with E-state index in [1.54, 1.807) is 25.2 Å². The summed E-state index contributed by atoms with van der Waals surface area (Å²) >= 11 is 0. The van der Waals surface area contributed by atoms with E-state index in [1.165, 1.54) is 11.0 Å². The van der Waals surface area contributed by atoms with Gasteiger partial charge in [-0.2, -0.15) is 5.26 Å². The molecule has 5 heteroatoms. The van der Waals surface area contributed by atoms with Crippen LogP contribution in [0.3, 0.4) is 0 Å². The molecule has 0 saturated carbocycles. The summed E-state index contributed by atoms with van der Waals surface area (Å²) in [5.74, 6) is -0.460. The van der Waals surface area contributed by atoms with Gasteiger partial charge in [0.05, 0.1) is 18.2 Å². The molecule has 0 aromatic heterocycles. The Morgan fingerprint density at radius 1 is 1.42 bits per heavy atom. The summed E-state index contributed by atoms with van der Waals surface area (Å²) in [6, 6.07) is 8.40. The molecule has 0 saturated heterocycles. The topological polar surface area (TPSA) is 73.2 Å². The fourth-order valence-corrected chi connectivity index (χ4v) is 1.55. The minimum atomic E-state index is -0.274. The van der Waals surface area contributed by atoms with Gasteiger partial charge in [0.25, 0.3) is 5.91 Å². The van der Waals surface area contributed by atoms with Crippen LogP contribution in [0.1, 0.15) is 29.3 Å². The van der Waals surface area contributed by atoms with Crippen molar-refractivity contribution >= 4 is 11.8 Å². The van der Waals surface area contributed by atoms with Crippen molar-refractivity contribution in [3.8, 4) is 6.07 Å². The summed E-state index contributed by atoms with van der Waals surface area (Å²) in [5.41, 5.74) is 0.833. The Balaban J connectivity index is 2.66. The number of benzene rings is 1. The molecule has 1 N–H and O–H groups in total. The lowest BCUT2D eigenvalue weighted by molar-refractivity contribution is -0.121. The number of rotatable bonds is 5. The molecule has 1 aromatic carbocycles. The van der Waals surface area contributed by atoms with E-state index in [4.69, 9.17) is 5.26 Å². The molecule has 1 rings (SSSR count). The number of amides is 2. The van der Waals surface area contributed by atoms with E-state index in [1.807, 2.05) is 13.0 Å². The third-order valence-corrected chi connectivity index (χ3v) is 2.54. The first-order valence-corrected chi connectivity index (χ1v) is 6.10. The first kappa shape index (κ1) is 14.7. The highest BCUT2D eigenvalue weighted by molar-refractivity contribution is 5.96. The Bertz CT molecular complexity index is 506. The second kappa shape index (κ2) is 7.17. The predicted molar refractivity (Wildman–Crippen MR) is 71.4 cm³/mol. The first-order valence-electron chi connectivity index (χ1n) is 6.10. The predicted octanol–water partition coefficient (Wildman–Crippen LogP) is 1.16. The van der Waals surface area contributed by atoms with Crippen LogP contribution in [-0.4, -0.2) is 36.9 Å². The molecule has 0 aliphatic carbocycles. The Hall–Kier alpha value is -2.35. The average molecular weight is 259 g/mol. The average Bonchev–Trinajstić information content (AvgIpc) is 2.44. The number of likely N-dealkylation sites (N-methyl/N-ethyl adjacent to an activating group) is 1. The second-order valence-corrected chi connectivity index (χ2v) is 4.20. The van der Waals surface area contributed by atoms with Gasteiger partial charge in [-0.3, -0.25) is 9.59 Å². The number of nitrogens with one attached hydrogen (secondary N) is 1. The van der Waals surface area contributed by atoms with E-state index in [2.05, 4.69) is 5.32 Å². The number of nitrogens with zero attached hydrogens (tertiary/aromatic N) is 2. The van der Waals surface area contributed by atoms with Crippen LogP contribution in [0.25, 0.3) is 0 Å². The van der Waals surface area contributed by atoms with Crippen molar-refractivity contribution in [3.63, 3.8) is 0 Å². The van der Waals surface area contributed by atoms with E-state index in [9.17, 15) is 9.59 Å². The molecular weight excluding hydrogens is 242 g/mol. The maximum Gasteiger partial charge on any atom is 0.254 e. The summed E-state index contributed by atoms with van der Waals surface area (Å²) in [5, 5.41) is 11.5. The maximum absolute atomic E-state index is 12.1. The number of hydrogen-bond donors (Lipinski definition) is 1. The molecule has 100 valence electrons. The molecule has 1 aromatic rings. The van der Waals surface area contributed by atoms with Gasteiger partial charge in [-0.25, -0.2) is 0 Å². The molecule has 0 fully saturated rings. The molecule has 0 aliphatic rings. The molecule has 19 heavy (non-hydrogen) atoms. The van der Waals surface area contributed by atoms with Crippen LogP contribution in [0.2, 0.25) is 0 Å². The Morgan fingerprint density at radius 2 is 2.16 bits per heavy atom. The van der Waals surface area contributed by atoms with Crippen molar-refractivity contribution in [2.75, 3.05) is 20.1 Å². The van der Waals surface area contributed by atoms with Crippen LogP contribution in [0, 0.1) is 11.3 Å². The van der Waals surface area contributed by atoms with Crippen LogP contribution in [0.15, 0.2) is 24.3 Å². The number of hydrogen-bond acceptors (Lipinski definition) is 3. The molecule has 0 radical (unpaired) electrons. The van der Waals surface area contributed by atoms with Gasteiger partial charge in [0.15, 0.2) is 0 Å². The Morgan fingerprint density at radius 3 is 2.79 bits per heavy atom. The third-order valence-electron chi connectivity index (χ3n) is 2.54. The fraction of sp³-hybridized carbons (Fsp3) is 0.357. The number of carbonyl (C=O) groups is 2. The van der Waals surface area contributed by atoms with Gasteiger partial charge in [-0.1, -0.05) is 13.0 Å². The van der Waals surface area contributed by atoms with Crippen LogP contribution in [0.4, 0.5) is 0 Å². The molecule has 0 unspecified atom stereocenters. The first-order chi connectivity index (χ1) is 9.08. The van der Waals surface area contributed by atoms with E-state index in [-0.39, 0.29) is 18.4 Å². The number of carbonyl (C=O) groups excluding carboxylic acids is 2. The lowest BCUT2D eigenvalue weighted by Crippen LogP contribution is -2.38. The molecule has 0 bridgehead atoms. The van der Waals surface area contributed by atoms with Crippen molar-refractivity contribution < 1.29 is 9.59 Å². The van der Waals surface area contributed by atoms with Crippen LogP contribution in [-0.2, 0) is 4.79 Å². The standard InChI is InChI=1S/C14H17N3O2/c1-3-7-16-13(18)10-17(2)14(19)12-6-4-5-11(8-12)9-15/h4-6,8H,3,7,10H2,1-2H3,(H,16,18). The molecule has 0 heterocycles. The summed E-state index contributed by atoms with van der Waals surface area (Å²) in [4.78, 5) is 24.9. The van der Waals surface area contributed by atoms with Gasteiger partial charge in [0.2, 0.25) is 5.91 Å². The Kier molecular flexibility index (Phi) is 5.55. The van der Waals surface area contributed by atoms with Gasteiger partial charge in [0, 0.05) is 19.2 Å². The van der Waals surface area contributed by atoms with Crippen LogP contribution >= 0.6 is 0 Å². The largest absolute Gasteiger partial charge is 0.355 e. The van der Waals surface area contributed by atoms with Crippen molar-refractivity contribution in [1.29, 1.82) is 5.26 Å². The van der Waals surface area contributed by atoms with E-state index in [0.717, 1.165) is 6.42 Å². The minimum Gasteiger partial charge on any atom is -0.355 e. The molecule has 2 amide bonds. The highest BCUT2D eigenvalue weighted by Crippen LogP contribution is 2.06. The molecule has 5 nitrogen and oxygen atoms in total. The lowest BCUT2D eigenvalue weighted by Gasteiger charge is -2.16. The van der Waals surface area contributed by atoms with Crippen molar-refractivity contribution in [2.24, 2.45) is 0 Å². The smallest absolute Gasteiger partial charge is 0.254 e. The van der Waals surface area contributed by atoms with Gasteiger partial charge in [-0.15, -0.1) is 0 Å². The minimum absolute atomic E-state index is 0.00954. The second-order valence-electron chi connectivity index (χ2n) is 4.20. The zero-order valence-corrected chi connectivity index (χ0v) is 11.1. The van der Waals surface area contributed by atoms with Crippen LogP contribution in [0.5, 0.6) is 0 Å². The van der Waals surface area contributed by atoms with Gasteiger partial charge in [-0.05, 0) is 24.6 Å². The van der Waals surface area contributed by atoms with Crippen LogP contribution < -0.4 is 5.32 Å². The zero-order valence-electron chi connectivity index (χ0n) is 11.1. The quantitative estimate of drug-likeness (QED) is 0.862. The Labute approximate surface area is 112 Å². The van der Waals surface area contributed by atoms with Crippen molar-refractivity contribution in [1.82, 2.24) is 10.2 Å². The maximum atomic E-state index is 12.1. The molecule has 0 aliphatic heterocycles. The summed E-state index contributed by atoms with van der Waals surface area (Å²) < 4.78 is 0. The zero-order chi connectivity index (χ0) is 14.3. The molecule has 0 atom stereocenters. The van der Waals surface area contributed by atoms with E-state index in [0.29, 0.717) is 17.7 Å². The highest BCUT2D eigenvalue weighted by Gasteiger charge is 2.14. The SMILES string of the molecule is CCCNC(=O)CN(C)C(=O)c1cccc(C#N)c1.